The van der Waals surface area contributed by atoms with Crippen molar-refractivity contribution in [3.8, 4) is 11.4 Å². The number of hydrogen-bond donors (Lipinski definition) is 1. The maximum atomic E-state index is 13.0. The van der Waals surface area contributed by atoms with E-state index in [1.807, 2.05) is 62.4 Å². The first-order chi connectivity index (χ1) is 12.5. The van der Waals surface area contributed by atoms with Crippen LogP contribution in [-0.2, 0) is 0 Å². The molecule has 2 heterocycles. The van der Waals surface area contributed by atoms with Gasteiger partial charge in [0.1, 0.15) is 0 Å². The SMILES string of the molecule is Cc1ccc(-n2c(C)c3c(=O)n(-c4cccc(C)c4)[nH]c3cc2=O)cc1. The Kier molecular flexibility index (Phi) is 3.65. The maximum absolute atomic E-state index is 13.0. The standard InChI is InChI=1S/C21H19N3O2/c1-13-7-9-16(10-8-13)23-15(3)20-18(12-19(23)25)22-24(21(20)26)17-6-4-5-14(2)11-17/h4-12,22H,1-3H3. The molecule has 0 atom stereocenters. The van der Waals surface area contributed by atoms with Crippen molar-refractivity contribution in [1.82, 2.24) is 14.3 Å². The molecule has 0 aliphatic carbocycles. The van der Waals surface area contributed by atoms with E-state index in [1.54, 1.807) is 11.5 Å². The summed E-state index contributed by atoms with van der Waals surface area (Å²) in [6, 6.07) is 16.8. The second-order valence-electron chi connectivity index (χ2n) is 6.62. The number of nitrogens with one attached hydrogen (secondary N) is 1. The lowest BCUT2D eigenvalue weighted by Crippen LogP contribution is -2.21. The van der Waals surface area contributed by atoms with Crippen molar-refractivity contribution in [2.24, 2.45) is 0 Å². The summed E-state index contributed by atoms with van der Waals surface area (Å²) in [5, 5.41) is 3.59. The first-order valence-corrected chi connectivity index (χ1v) is 8.47. The molecular formula is C21H19N3O2. The molecule has 0 aliphatic heterocycles. The van der Waals surface area contributed by atoms with Crippen LogP contribution in [0.3, 0.4) is 0 Å². The molecule has 26 heavy (non-hydrogen) atoms. The van der Waals surface area contributed by atoms with Gasteiger partial charge in [-0.3, -0.25) is 19.3 Å². The smallest absolute Gasteiger partial charge is 0.280 e. The summed E-state index contributed by atoms with van der Waals surface area (Å²) >= 11 is 0. The fourth-order valence-electron chi connectivity index (χ4n) is 3.34. The molecule has 0 radical (unpaired) electrons. The molecule has 0 bridgehead atoms. The molecule has 0 saturated heterocycles. The lowest BCUT2D eigenvalue weighted by molar-refractivity contribution is 0.862. The van der Waals surface area contributed by atoms with E-state index in [2.05, 4.69) is 5.10 Å². The summed E-state index contributed by atoms with van der Waals surface area (Å²) in [5.74, 6) is 0. The zero-order valence-corrected chi connectivity index (χ0v) is 14.9. The number of nitrogens with zero attached hydrogens (tertiary/aromatic N) is 2. The van der Waals surface area contributed by atoms with Crippen LogP contribution in [0.1, 0.15) is 16.8 Å². The van der Waals surface area contributed by atoms with Gasteiger partial charge in [-0.15, -0.1) is 0 Å². The van der Waals surface area contributed by atoms with Gasteiger partial charge in [-0.2, -0.15) is 0 Å². The number of pyridine rings is 1. The molecule has 2 aromatic carbocycles. The van der Waals surface area contributed by atoms with Crippen molar-refractivity contribution in [3.05, 3.63) is 92.1 Å². The number of aryl methyl sites for hydroxylation is 3. The van der Waals surface area contributed by atoms with Crippen molar-refractivity contribution in [2.45, 2.75) is 20.8 Å². The Labute approximate surface area is 150 Å². The summed E-state index contributed by atoms with van der Waals surface area (Å²) in [7, 11) is 0. The Morgan fingerprint density at radius 2 is 1.54 bits per heavy atom. The molecule has 0 spiro atoms. The highest BCUT2D eigenvalue weighted by atomic mass is 16.1. The third kappa shape index (κ3) is 2.49. The van der Waals surface area contributed by atoms with Crippen molar-refractivity contribution in [2.75, 3.05) is 0 Å². The van der Waals surface area contributed by atoms with E-state index in [1.165, 1.54) is 10.7 Å². The van der Waals surface area contributed by atoms with E-state index in [0.29, 0.717) is 16.6 Å². The van der Waals surface area contributed by atoms with E-state index in [-0.39, 0.29) is 11.1 Å². The van der Waals surface area contributed by atoms with Crippen molar-refractivity contribution >= 4 is 10.9 Å². The number of H-pyrrole nitrogens is 1. The molecule has 0 saturated carbocycles. The average Bonchev–Trinajstić information content (AvgIpc) is 2.93. The molecule has 0 amide bonds. The van der Waals surface area contributed by atoms with Crippen LogP contribution in [0.5, 0.6) is 0 Å². The zero-order chi connectivity index (χ0) is 18.4. The van der Waals surface area contributed by atoms with E-state index >= 15 is 0 Å². The summed E-state index contributed by atoms with van der Waals surface area (Å²) < 4.78 is 3.07. The second-order valence-corrected chi connectivity index (χ2v) is 6.62. The predicted octanol–water partition coefficient (Wildman–Crippen LogP) is 3.39. The topological polar surface area (TPSA) is 59.8 Å². The minimum atomic E-state index is -0.170. The van der Waals surface area contributed by atoms with Crippen LogP contribution in [0.2, 0.25) is 0 Å². The van der Waals surface area contributed by atoms with Crippen LogP contribution in [0.4, 0.5) is 0 Å². The van der Waals surface area contributed by atoms with Crippen LogP contribution in [0, 0.1) is 20.8 Å². The van der Waals surface area contributed by atoms with Crippen molar-refractivity contribution in [1.29, 1.82) is 0 Å². The highest BCUT2D eigenvalue weighted by molar-refractivity contribution is 5.81. The van der Waals surface area contributed by atoms with Gasteiger partial charge in [-0.05, 0) is 50.6 Å². The quantitative estimate of drug-likeness (QED) is 0.605. The van der Waals surface area contributed by atoms with Crippen LogP contribution in [0.15, 0.2) is 64.2 Å². The van der Waals surface area contributed by atoms with Crippen LogP contribution in [0.25, 0.3) is 22.3 Å². The van der Waals surface area contributed by atoms with Gasteiger partial charge in [0.15, 0.2) is 0 Å². The molecule has 5 heteroatoms. The minimum absolute atomic E-state index is 0.163. The summed E-state index contributed by atoms with van der Waals surface area (Å²) in [6.45, 7) is 5.78. The van der Waals surface area contributed by atoms with E-state index in [9.17, 15) is 9.59 Å². The number of benzene rings is 2. The molecule has 4 aromatic rings. The van der Waals surface area contributed by atoms with E-state index < -0.39 is 0 Å². The second kappa shape index (κ2) is 5.88. The molecule has 2 aromatic heterocycles. The first-order valence-electron chi connectivity index (χ1n) is 8.47. The Hall–Kier alpha value is -3.34. The molecule has 0 unspecified atom stereocenters. The number of aromatic amines is 1. The van der Waals surface area contributed by atoms with Gasteiger partial charge in [0, 0.05) is 17.4 Å². The number of fused-ring (bicyclic) bond motifs is 1. The van der Waals surface area contributed by atoms with Crippen molar-refractivity contribution in [3.63, 3.8) is 0 Å². The fourth-order valence-corrected chi connectivity index (χ4v) is 3.34. The highest BCUT2D eigenvalue weighted by Gasteiger charge is 2.16. The van der Waals surface area contributed by atoms with Gasteiger partial charge in [-0.25, -0.2) is 4.68 Å². The summed E-state index contributed by atoms with van der Waals surface area (Å²) in [5.41, 5.74) is 4.52. The van der Waals surface area contributed by atoms with Gasteiger partial charge in [-0.1, -0.05) is 29.8 Å². The minimum Gasteiger partial charge on any atom is -0.290 e. The largest absolute Gasteiger partial charge is 0.290 e. The Morgan fingerprint density at radius 1 is 0.808 bits per heavy atom. The Bertz CT molecular complexity index is 1240. The Morgan fingerprint density at radius 3 is 2.23 bits per heavy atom. The molecule has 4 rings (SSSR count). The van der Waals surface area contributed by atoms with E-state index in [0.717, 1.165) is 22.5 Å². The molecule has 0 aliphatic rings. The lowest BCUT2D eigenvalue weighted by Gasteiger charge is -2.10. The molecule has 0 fully saturated rings. The lowest BCUT2D eigenvalue weighted by atomic mass is 10.2. The van der Waals surface area contributed by atoms with Gasteiger partial charge >= 0.3 is 0 Å². The third-order valence-electron chi connectivity index (χ3n) is 4.66. The van der Waals surface area contributed by atoms with Gasteiger partial charge in [0.2, 0.25) is 0 Å². The van der Waals surface area contributed by atoms with Gasteiger partial charge < -0.3 is 0 Å². The molecular weight excluding hydrogens is 326 g/mol. The average molecular weight is 345 g/mol. The Balaban J connectivity index is 2.01. The number of rotatable bonds is 2. The predicted molar refractivity (Wildman–Crippen MR) is 104 cm³/mol. The molecule has 130 valence electrons. The van der Waals surface area contributed by atoms with Gasteiger partial charge in [0.05, 0.1) is 16.6 Å². The third-order valence-corrected chi connectivity index (χ3v) is 4.66. The molecule has 5 nitrogen and oxygen atoms in total. The van der Waals surface area contributed by atoms with Crippen LogP contribution < -0.4 is 11.1 Å². The first kappa shape index (κ1) is 16.1. The van der Waals surface area contributed by atoms with Crippen LogP contribution >= 0.6 is 0 Å². The monoisotopic (exact) mass is 345 g/mol. The summed E-state index contributed by atoms with van der Waals surface area (Å²) in [4.78, 5) is 25.7. The summed E-state index contributed by atoms with van der Waals surface area (Å²) in [6.07, 6.45) is 0. The normalized spacial score (nSPS) is 11.2. The maximum Gasteiger partial charge on any atom is 0.280 e. The zero-order valence-electron chi connectivity index (χ0n) is 14.9. The highest BCUT2D eigenvalue weighted by Crippen LogP contribution is 2.17. The number of aromatic nitrogens is 3. The molecule has 1 N–H and O–H groups in total. The van der Waals surface area contributed by atoms with Crippen LogP contribution in [-0.4, -0.2) is 14.3 Å². The fraction of sp³-hybridized carbons (Fsp3) is 0.143. The van der Waals surface area contributed by atoms with Crippen molar-refractivity contribution < 1.29 is 0 Å². The van der Waals surface area contributed by atoms with Gasteiger partial charge in [0.25, 0.3) is 11.1 Å². The van der Waals surface area contributed by atoms with E-state index in [4.69, 9.17) is 0 Å². The number of hydrogen-bond acceptors (Lipinski definition) is 2.